The highest BCUT2D eigenvalue weighted by Crippen LogP contribution is 2.67. The van der Waals surface area contributed by atoms with Gasteiger partial charge in [0.1, 0.15) is 0 Å². The van der Waals surface area contributed by atoms with Gasteiger partial charge in [-0.1, -0.05) is 0 Å². The minimum atomic E-state index is -5.76. The van der Waals surface area contributed by atoms with Crippen LogP contribution in [0.25, 0.3) is 0 Å². The summed E-state index contributed by atoms with van der Waals surface area (Å²) in [4.78, 5) is 39.0. The first-order valence-corrected chi connectivity index (χ1v) is 12.0. The van der Waals surface area contributed by atoms with Crippen molar-refractivity contribution in [2.75, 3.05) is 5.73 Å². The molecular weight excluding hydrogens is 489 g/mol. The summed E-state index contributed by atoms with van der Waals surface area (Å²) in [6, 6.07) is 0. The summed E-state index contributed by atoms with van der Waals surface area (Å²) in [5, 5.41) is 0. The molecule has 0 bridgehead atoms. The van der Waals surface area contributed by atoms with Crippen LogP contribution >= 0.6 is 35.7 Å². The molecule has 1 aliphatic rings. The van der Waals surface area contributed by atoms with E-state index in [0.29, 0.717) is 6.20 Å². The van der Waals surface area contributed by atoms with E-state index in [0.717, 1.165) is 11.5 Å². The van der Waals surface area contributed by atoms with E-state index in [1.54, 1.807) is 0 Å². The molecule has 0 aliphatic carbocycles. The van der Waals surface area contributed by atoms with Crippen LogP contribution in [-0.2, 0) is 31.6 Å². The Labute approximate surface area is 165 Å². The van der Waals surface area contributed by atoms with Crippen molar-refractivity contribution in [3.05, 3.63) is 16.8 Å². The van der Waals surface area contributed by atoms with E-state index in [2.05, 4.69) is 18.1 Å². The molecule has 5 atom stereocenters. The maximum absolute atomic E-state index is 14.9. The van der Waals surface area contributed by atoms with Crippen LogP contribution in [0.2, 0.25) is 0 Å². The Balaban J connectivity index is 2.19. The van der Waals surface area contributed by atoms with E-state index in [9.17, 15) is 27.4 Å². The molecule has 2 heterocycles. The Kier molecular flexibility index (Phi) is 6.88. The fourth-order valence-corrected chi connectivity index (χ4v) is 5.58. The molecule has 6 N–H and O–H groups in total. The van der Waals surface area contributed by atoms with Crippen molar-refractivity contribution in [1.82, 2.24) is 9.55 Å². The van der Waals surface area contributed by atoms with Gasteiger partial charge in [0.05, 0.1) is 0 Å². The molecular formula is C9H14F2N3O11P3S. The van der Waals surface area contributed by atoms with Gasteiger partial charge < -0.3 is 30.0 Å². The summed E-state index contributed by atoms with van der Waals surface area (Å²) in [6.07, 6.45) is -3.70. The number of alkyl halides is 1. The van der Waals surface area contributed by atoms with E-state index in [1.165, 1.54) is 0 Å². The van der Waals surface area contributed by atoms with Gasteiger partial charge in [0.2, 0.25) is 4.77 Å². The molecule has 0 spiro atoms. The number of nitrogens with two attached hydrogens (primary N) is 1. The second kappa shape index (κ2) is 8.11. The summed E-state index contributed by atoms with van der Waals surface area (Å²) in [5.74, 6) is -1.62. The summed E-state index contributed by atoms with van der Waals surface area (Å²) in [5.41, 5.74) is 2.86. The molecule has 1 aromatic heterocycles. The van der Waals surface area contributed by atoms with Gasteiger partial charge in [0.15, 0.2) is 29.8 Å². The second-order valence-electron chi connectivity index (χ2n) is 5.76. The van der Waals surface area contributed by atoms with Gasteiger partial charge >= 0.3 is 23.5 Å². The summed E-state index contributed by atoms with van der Waals surface area (Å²) in [7, 11) is -16.9. The minimum Gasteiger partial charge on any atom is -0.381 e. The molecule has 166 valence electrons. The third-order valence-corrected chi connectivity index (χ3v) is 7.35. The molecule has 2 unspecified atom stereocenters. The second-order valence-corrected chi connectivity index (χ2v) is 10.5. The molecule has 0 aromatic carbocycles. The molecule has 20 heteroatoms. The lowest BCUT2D eigenvalue weighted by Crippen LogP contribution is -2.28. The third kappa shape index (κ3) is 6.66. The van der Waals surface area contributed by atoms with Crippen LogP contribution in [0.15, 0.2) is 6.20 Å². The number of halogens is 2. The van der Waals surface area contributed by atoms with Crippen LogP contribution in [0.5, 0.6) is 0 Å². The Morgan fingerprint density at radius 2 is 1.90 bits per heavy atom. The molecule has 1 aromatic rings. The average Bonchev–Trinajstić information content (AvgIpc) is 2.72. The summed E-state index contributed by atoms with van der Waals surface area (Å²) in [6.45, 7) is 0.952. The quantitative estimate of drug-likeness (QED) is 0.264. The third-order valence-electron chi connectivity index (χ3n) is 3.21. The maximum atomic E-state index is 14.9. The molecule has 0 radical (unpaired) electrons. The molecule has 1 saturated heterocycles. The maximum Gasteiger partial charge on any atom is 0.490 e. The normalized spacial score (nSPS) is 29.3. The van der Waals surface area contributed by atoms with Gasteiger partial charge in [0, 0.05) is 12.6 Å². The molecule has 1 fully saturated rings. The van der Waals surface area contributed by atoms with Crippen LogP contribution in [0.4, 0.5) is 14.6 Å². The predicted octanol–water partition coefficient (Wildman–Crippen LogP) is 1.65. The molecule has 0 saturated carbocycles. The number of phosphoric ester groups is 1. The van der Waals surface area contributed by atoms with Crippen molar-refractivity contribution < 1.29 is 59.9 Å². The monoisotopic (exact) mass is 503 g/mol. The van der Waals surface area contributed by atoms with Gasteiger partial charge in [-0.05, 0) is 19.1 Å². The first-order valence-electron chi connectivity index (χ1n) is 7.11. The van der Waals surface area contributed by atoms with E-state index < -0.39 is 64.5 Å². The SMILES string of the molecule is C[C@@]1(F)C[C@@H](OP(=O)(O)OP(=O)(O)OP(=O)(O)O)O[C@H]1n1cc(F)c(N)nc1=S. The highest BCUT2D eigenvalue weighted by atomic mass is 32.1. The molecule has 1 aliphatic heterocycles. The zero-order chi connectivity index (χ0) is 22.4. The number of anilines is 1. The van der Waals surface area contributed by atoms with Gasteiger partial charge in [-0.3, -0.25) is 9.09 Å². The standard InChI is InChI=1S/C9H14F2N3O11P3S/c1-9(11)2-5(22-7(9)14-3-4(10)6(12)13-8(14)29)23-27(18,19)25-28(20,21)24-26(15,16)17/h3,5,7H,2H2,1H3,(H,18,19)(H,20,21)(H2,12,13,29)(H2,15,16,17)/t5-,7-,9-/m1/s1. The zero-order valence-corrected chi connectivity index (χ0v) is 17.6. The lowest BCUT2D eigenvalue weighted by molar-refractivity contribution is -0.120. The first-order chi connectivity index (χ1) is 12.9. The van der Waals surface area contributed by atoms with E-state index >= 15 is 0 Å². The number of phosphoric acid groups is 3. The predicted molar refractivity (Wildman–Crippen MR) is 90.4 cm³/mol. The van der Waals surface area contributed by atoms with E-state index in [1.807, 2.05) is 0 Å². The number of rotatable bonds is 7. The molecule has 0 amide bonds. The lowest BCUT2D eigenvalue weighted by atomic mass is 10.1. The number of aromatic nitrogens is 2. The zero-order valence-electron chi connectivity index (χ0n) is 14.1. The summed E-state index contributed by atoms with van der Waals surface area (Å²) < 4.78 is 79.1. The molecule has 14 nitrogen and oxygen atoms in total. The van der Waals surface area contributed by atoms with Crippen molar-refractivity contribution in [3.63, 3.8) is 0 Å². The van der Waals surface area contributed by atoms with Crippen molar-refractivity contribution >= 4 is 41.5 Å². The summed E-state index contributed by atoms with van der Waals surface area (Å²) >= 11 is 4.84. The largest absolute Gasteiger partial charge is 0.490 e. The van der Waals surface area contributed by atoms with Gasteiger partial charge in [-0.15, -0.1) is 0 Å². The van der Waals surface area contributed by atoms with Crippen molar-refractivity contribution in [1.29, 1.82) is 0 Å². The Hall–Kier alpha value is -0.670. The Bertz CT molecular complexity index is 1000. The van der Waals surface area contributed by atoms with Crippen LogP contribution < -0.4 is 5.73 Å². The van der Waals surface area contributed by atoms with Crippen molar-refractivity contribution in [2.45, 2.75) is 31.5 Å². The van der Waals surface area contributed by atoms with Gasteiger partial charge in [-0.2, -0.15) is 13.6 Å². The minimum absolute atomic E-state index is 0.392. The van der Waals surface area contributed by atoms with Crippen LogP contribution in [0.3, 0.4) is 0 Å². The topological polar surface area (TPSA) is 213 Å². The smallest absolute Gasteiger partial charge is 0.381 e. The van der Waals surface area contributed by atoms with Gasteiger partial charge in [-0.25, -0.2) is 22.5 Å². The number of nitrogens with zero attached hydrogens (tertiary/aromatic N) is 2. The van der Waals surface area contributed by atoms with E-state index in [4.69, 9.17) is 37.4 Å². The fourth-order valence-electron chi connectivity index (χ4n) is 2.25. The lowest BCUT2D eigenvalue weighted by Gasteiger charge is -2.23. The van der Waals surface area contributed by atoms with Crippen LogP contribution in [0.1, 0.15) is 19.6 Å². The molecule has 2 rings (SSSR count). The number of ether oxygens (including phenoxy) is 1. The van der Waals surface area contributed by atoms with Gasteiger partial charge in [0.25, 0.3) is 0 Å². The highest BCUT2D eigenvalue weighted by Gasteiger charge is 2.51. The van der Waals surface area contributed by atoms with Crippen molar-refractivity contribution in [2.24, 2.45) is 0 Å². The Morgan fingerprint density at radius 3 is 2.45 bits per heavy atom. The van der Waals surface area contributed by atoms with Crippen LogP contribution in [0, 0.1) is 10.6 Å². The number of hydrogen-bond donors (Lipinski definition) is 5. The first kappa shape index (κ1) is 24.6. The average molecular weight is 503 g/mol. The van der Waals surface area contributed by atoms with Crippen LogP contribution in [-0.4, -0.2) is 41.1 Å². The van der Waals surface area contributed by atoms with E-state index in [-0.39, 0.29) is 0 Å². The number of hydrogen-bond acceptors (Lipinski definition) is 10. The number of nitrogen functional groups attached to an aromatic ring is 1. The van der Waals surface area contributed by atoms with Crippen molar-refractivity contribution in [3.8, 4) is 0 Å². The fraction of sp³-hybridized carbons (Fsp3) is 0.556. The highest BCUT2D eigenvalue weighted by molar-refractivity contribution is 7.71. The molecule has 29 heavy (non-hydrogen) atoms. The Morgan fingerprint density at radius 1 is 1.31 bits per heavy atom.